The Morgan fingerprint density at radius 2 is 1.85 bits per heavy atom. The van der Waals surface area contributed by atoms with Crippen LogP contribution in [-0.4, -0.2) is 53.4 Å². The van der Waals surface area contributed by atoms with Crippen molar-refractivity contribution in [2.24, 2.45) is 0 Å². The molecule has 2 aromatic rings. The van der Waals surface area contributed by atoms with E-state index in [0.29, 0.717) is 6.42 Å². The Balaban J connectivity index is 1.34. The van der Waals surface area contributed by atoms with Crippen LogP contribution in [0.1, 0.15) is 24.0 Å². The van der Waals surface area contributed by atoms with Gasteiger partial charge in [0.15, 0.2) is 0 Å². The molecule has 0 radical (unpaired) electrons. The molecule has 0 unspecified atom stereocenters. The number of aryl methyl sites for hydroxylation is 1. The normalized spacial score (nSPS) is 15.2. The van der Waals surface area contributed by atoms with E-state index in [-0.39, 0.29) is 5.91 Å². The van der Waals surface area contributed by atoms with Crippen molar-refractivity contribution < 1.29 is 4.79 Å². The number of hydrogen-bond acceptors (Lipinski definition) is 3. The van der Waals surface area contributed by atoms with Crippen molar-refractivity contribution in [3.63, 3.8) is 0 Å². The summed E-state index contributed by atoms with van der Waals surface area (Å²) in [7, 11) is 0. The molecule has 1 fully saturated rings. The first kappa shape index (κ1) is 18.9. The number of amides is 1. The monoisotopic (exact) mass is 371 g/mol. The fourth-order valence-electron chi connectivity index (χ4n) is 3.35. The van der Waals surface area contributed by atoms with E-state index in [2.05, 4.69) is 22.0 Å². The molecule has 0 spiro atoms. The Kier molecular flexibility index (Phi) is 7.04. The number of pyridine rings is 1. The van der Waals surface area contributed by atoms with E-state index in [0.717, 1.165) is 57.0 Å². The first-order chi connectivity index (χ1) is 12.7. The third kappa shape index (κ3) is 5.82. The molecule has 1 aliphatic heterocycles. The standard InChI is InChI=1S/C21H26ClN3O/c22-20-7-1-4-18(16-20)9-11-24-12-14-25(15-13-24)21(26)8-2-5-19-6-3-10-23-17-19/h1,3-4,6-7,10,16-17H,2,5,8-9,11-15H2. The zero-order valence-electron chi connectivity index (χ0n) is 15.1. The Bertz CT molecular complexity index is 699. The maximum atomic E-state index is 12.4. The number of carbonyl (C=O) groups is 1. The summed E-state index contributed by atoms with van der Waals surface area (Å²) in [5.74, 6) is 0.281. The topological polar surface area (TPSA) is 36.4 Å². The van der Waals surface area contributed by atoms with Gasteiger partial charge in [-0.15, -0.1) is 0 Å². The van der Waals surface area contributed by atoms with Crippen LogP contribution in [0.2, 0.25) is 5.02 Å². The first-order valence-electron chi connectivity index (χ1n) is 9.34. The molecule has 3 rings (SSSR count). The van der Waals surface area contributed by atoms with Crippen molar-refractivity contribution in [1.29, 1.82) is 0 Å². The van der Waals surface area contributed by atoms with Gasteiger partial charge in [-0.3, -0.25) is 14.7 Å². The fraction of sp³-hybridized carbons (Fsp3) is 0.429. The minimum Gasteiger partial charge on any atom is -0.340 e. The summed E-state index contributed by atoms with van der Waals surface area (Å²) in [5, 5.41) is 0.796. The van der Waals surface area contributed by atoms with Crippen LogP contribution in [0.25, 0.3) is 0 Å². The molecular formula is C21H26ClN3O. The van der Waals surface area contributed by atoms with Crippen molar-refractivity contribution in [2.75, 3.05) is 32.7 Å². The van der Waals surface area contributed by atoms with Gasteiger partial charge >= 0.3 is 0 Å². The van der Waals surface area contributed by atoms with Gasteiger partial charge in [-0.1, -0.05) is 29.8 Å². The van der Waals surface area contributed by atoms with Gasteiger partial charge in [0.2, 0.25) is 5.91 Å². The van der Waals surface area contributed by atoms with Gasteiger partial charge in [-0.05, 0) is 48.6 Å². The smallest absolute Gasteiger partial charge is 0.222 e. The number of carbonyl (C=O) groups excluding carboxylic acids is 1. The van der Waals surface area contributed by atoms with Crippen molar-refractivity contribution in [2.45, 2.75) is 25.7 Å². The molecular weight excluding hydrogens is 346 g/mol. The Hall–Kier alpha value is -1.91. The van der Waals surface area contributed by atoms with Gasteiger partial charge < -0.3 is 4.90 Å². The van der Waals surface area contributed by atoms with E-state index >= 15 is 0 Å². The molecule has 2 heterocycles. The summed E-state index contributed by atoms with van der Waals surface area (Å²) in [6.45, 7) is 4.59. The van der Waals surface area contributed by atoms with Crippen LogP contribution in [-0.2, 0) is 17.6 Å². The van der Waals surface area contributed by atoms with E-state index in [4.69, 9.17) is 11.6 Å². The fourth-order valence-corrected chi connectivity index (χ4v) is 3.56. The SMILES string of the molecule is O=C(CCCc1cccnc1)N1CCN(CCc2cccc(Cl)c2)CC1. The van der Waals surface area contributed by atoms with Crippen LogP contribution >= 0.6 is 11.6 Å². The predicted octanol–water partition coefficient (Wildman–Crippen LogP) is 3.44. The summed E-state index contributed by atoms with van der Waals surface area (Å²) in [6, 6.07) is 12.1. The van der Waals surface area contributed by atoms with E-state index in [1.807, 2.05) is 35.4 Å². The van der Waals surface area contributed by atoms with E-state index in [9.17, 15) is 4.79 Å². The van der Waals surface area contributed by atoms with Crippen molar-refractivity contribution in [1.82, 2.24) is 14.8 Å². The lowest BCUT2D eigenvalue weighted by Crippen LogP contribution is -2.49. The van der Waals surface area contributed by atoms with Crippen molar-refractivity contribution >= 4 is 17.5 Å². The van der Waals surface area contributed by atoms with E-state index in [1.54, 1.807) is 6.20 Å². The summed E-state index contributed by atoms with van der Waals surface area (Å²) >= 11 is 6.04. The average molecular weight is 372 g/mol. The Morgan fingerprint density at radius 3 is 2.58 bits per heavy atom. The highest BCUT2D eigenvalue weighted by molar-refractivity contribution is 6.30. The Labute approximate surface area is 160 Å². The summed E-state index contributed by atoms with van der Waals surface area (Å²) < 4.78 is 0. The van der Waals surface area contributed by atoms with Gasteiger partial charge in [-0.2, -0.15) is 0 Å². The molecule has 5 heteroatoms. The molecule has 1 aromatic heterocycles. The summed E-state index contributed by atoms with van der Waals surface area (Å²) in [5.41, 5.74) is 2.47. The molecule has 1 saturated heterocycles. The molecule has 1 amide bonds. The molecule has 0 bridgehead atoms. The van der Waals surface area contributed by atoms with Gasteiger partial charge in [0.25, 0.3) is 0 Å². The zero-order chi connectivity index (χ0) is 18.2. The molecule has 1 aromatic carbocycles. The second-order valence-electron chi connectivity index (χ2n) is 6.82. The number of hydrogen-bond donors (Lipinski definition) is 0. The third-order valence-electron chi connectivity index (χ3n) is 4.91. The average Bonchev–Trinajstić information content (AvgIpc) is 2.68. The molecule has 1 aliphatic rings. The highest BCUT2D eigenvalue weighted by atomic mass is 35.5. The number of benzene rings is 1. The predicted molar refractivity (Wildman–Crippen MR) is 105 cm³/mol. The van der Waals surface area contributed by atoms with Gasteiger partial charge in [-0.25, -0.2) is 0 Å². The first-order valence-corrected chi connectivity index (χ1v) is 9.72. The minimum absolute atomic E-state index is 0.281. The lowest BCUT2D eigenvalue weighted by atomic mass is 10.1. The Morgan fingerprint density at radius 1 is 1.04 bits per heavy atom. The van der Waals surface area contributed by atoms with Gasteiger partial charge in [0.1, 0.15) is 0 Å². The van der Waals surface area contributed by atoms with Gasteiger partial charge in [0, 0.05) is 56.6 Å². The maximum Gasteiger partial charge on any atom is 0.222 e. The largest absolute Gasteiger partial charge is 0.340 e. The molecule has 0 saturated carbocycles. The molecule has 26 heavy (non-hydrogen) atoms. The van der Waals surface area contributed by atoms with E-state index in [1.165, 1.54) is 11.1 Å². The summed E-state index contributed by atoms with van der Waals surface area (Å²) in [4.78, 5) is 20.9. The minimum atomic E-state index is 0.281. The number of nitrogens with zero attached hydrogens (tertiary/aromatic N) is 3. The van der Waals surface area contributed by atoms with Crippen LogP contribution in [0, 0.1) is 0 Å². The highest BCUT2D eigenvalue weighted by Crippen LogP contribution is 2.13. The summed E-state index contributed by atoms with van der Waals surface area (Å²) in [6.07, 6.45) is 7.08. The molecule has 138 valence electrons. The number of rotatable bonds is 7. The lowest BCUT2D eigenvalue weighted by Gasteiger charge is -2.34. The second kappa shape index (κ2) is 9.70. The van der Waals surface area contributed by atoms with Crippen molar-refractivity contribution in [3.8, 4) is 0 Å². The quantitative estimate of drug-likeness (QED) is 0.748. The molecule has 0 N–H and O–H groups in total. The maximum absolute atomic E-state index is 12.4. The highest BCUT2D eigenvalue weighted by Gasteiger charge is 2.20. The van der Waals surface area contributed by atoms with Crippen molar-refractivity contribution in [3.05, 3.63) is 64.9 Å². The van der Waals surface area contributed by atoms with Crippen LogP contribution in [0.4, 0.5) is 0 Å². The number of aromatic nitrogens is 1. The number of piperazine rings is 1. The zero-order valence-corrected chi connectivity index (χ0v) is 15.9. The third-order valence-corrected chi connectivity index (χ3v) is 5.14. The van der Waals surface area contributed by atoms with Crippen LogP contribution < -0.4 is 0 Å². The van der Waals surface area contributed by atoms with Crippen LogP contribution in [0.5, 0.6) is 0 Å². The van der Waals surface area contributed by atoms with Crippen LogP contribution in [0.15, 0.2) is 48.8 Å². The molecule has 4 nitrogen and oxygen atoms in total. The lowest BCUT2D eigenvalue weighted by molar-refractivity contribution is -0.133. The molecule has 0 aliphatic carbocycles. The number of halogens is 1. The van der Waals surface area contributed by atoms with Crippen LogP contribution in [0.3, 0.4) is 0 Å². The second-order valence-corrected chi connectivity index (χ2v) is 7.25. The molecule has 0 atom stereocenters. The van der Waals surface area contributed by atoms with E-state index < -0.39 is 0 Å². The van der Waals surface area contributed by atoms with Gasteiger partial charge in [0.05, 0.1) is 0 Å².